The molecule has 1 radical (unpaired) electrons. The number of hydrogen-bond acceptors (Lipinski definition) is 5. The SMILES string of the molecule is [CH2][C@@H]1C[C@@H](Nc2ccnc3cc(-c4cc(F)c5ccccc5c4)nn23)[C@H](O)[C@@H]1O. The Kier molecular flexibility index (Phi) is 4.22. The van der Waals surface area contributed by atoms with Crippen molar-refractivity contribution in [1.29, 1.82) is 0 Å². The largest absolute Gasteiger partial charge is 0.390 e. The third-order valence-electron chi connectivity index (χ3n) is 5.60. The van der Waals surface area contributed by atoms with Gasteiger partial charge in [0.25, 0.3) is 0 Å². The van der Waals surface area contributed by atoms with Gasteiger partial charge in [-0.05, 0) is 42.8 Å². The van der Waals surface area contributed by atoms with E-state index in [4.69, 9.17) is 0 Å². The average molecular weight is 391 g/mol. The Hall–Kier alpha value is -3.03. The second-order valence-corrected chi connectivity index (χ2v) is 7.54. The van der Waals surface area contributed by atoms with Gasteiger partial charge >= 0.3 is 0 Å². The summed E-state index contributed by atoms with van der Waals surface area (Å²) in [5, 5.41) is 29.4. The van der Waals surface area contributed by atoms with Crippen LogP contribution in [0.5, 0.6) is 0 Å². The van der Waals surface area contributed by atoms with Gasteiger partial charge in [-0.3, -0.25) is 0 Å². The molecule has 0 bridgehead atoms. The van der Waals surface area contributed by atoms with E-state index >= 15 is 0 Å². The fourth-order valence-corrected chi connectivity index (χ4v) is 4.01. The van der Waals surface area contributed by atoms with Gasteiger partial charge in [0.1, 0.15) is 17.7 Å². The maximum absolute atomic E-state index is 14.5. The summed E-state index contributed by atoms with van der Waals surface area (Å²) in [6.07, 6.45) is 0.406. The number of halogens is 1. The summed E-state index contributed by atoms with van der Waals surface area (Å²) in [6, 6.07) is 13.9. The number of nitrogens with one attached hydrogen (secondary N) is 1. The van der Waals surface area contributed by atoms with Crippen LogP contribution in [0.15, 0.2) is 54.7 Å². The molecule has 3 N–H and O–H groups in total. The number of rotatable bonds is 3. The molecule has 5 rings (SSSR count). The quantitative estimate of drug-likeness (QED) is 0.500. The molecule has 7 heteroatoms. The first-order chi connectivity index (χ1) is 14.0. The maximum Gasteiger partial charge on any atom is 0.157 e. The van der Waals surface area contributed by atoms with Gasteiger partial charge < -0.3 is 15.5 Å². The molecular weight excluding hydrogens is 371 g/mol. The molecule has 1 aliphatic rings. The normalized spacial score (nSPS) is 24.4. The molecule has 0 unspecified atom stereocenters. The average Bonchev–Trinajstić information content (AvgIpc) is 3.26. The second kappa shape index (κ2) is 6.79. The van der Waals surface area contributed by atoms with Gasteiger partial charge in [0.2, 0.25) is 0 Å². The van der Waals surface area contributed by atoms with Crippen molar-refractivity contribution in [1.82, 2.24) is 14.6 Å². The van der Waals surface area contributed by atoms with E-state index in [1.165, 1.54) is 6.07 Å². The highest BCUT2D eigenvalue weighted by molar-refractivity contribution is 5.87. The minimum absolute atomic E-state index is 0.242. The molecule has 1 saturated carbocycles. The Morgan fingerprint density at radius 2 is 1.93 bits per heavy atom. The van der Waals surface area contributed by atoms with Gasteiger partial charge in [-0.1, -0.05) is 24.3 Å². The van der Waals surface area contributed by atoms with E-state index in [2.05, 4.69) is 22.3 Å². The van der Waals surface area contributed by atoms with Crippen molar-refractivity contribution >= 4 is 22.2 Å². The van der Waals surface area contributed by atoms with Gasteiger partial charge in [-0.15, -0.1) is 0 Å². The predicted molar refractivity (Wildman–Crippen MR) is 109 cm³/mol. The summed E-state index contributed by atoms with van der Waals surface area (Å²) in [4.78, 5) is 4.34. The molecule has 0 spiro atoms. The fourth-order valence-electron chi connectivity index (χ4n) is 4.01. The van der Waals surface area contributed by atoms with E-state index in [9.17, 15) is 14.6 Å². The Morgan fingerprint density at radius 1 is 1.10 bits per heavy atom. The Labute approximate surface area is 166 Å². The van der Waals surface area contributed by atoms with Crippen molar-refractivity contribution in [2.75, 3.05) is 5.32 Å². The molecule has 29 heavy (non-hydrogen) atoms. The minimum Gasteiger partial charge on any atom is -0.390 e. The first kappa shape index (κ1) is 18.0. The molecule has 2 heterocycles. The molecule has 4 aromatic rings. The highest BCUT2D eigenvalue weighted by Gasteiger charge is 2.39. The van der Waals surface area contributed by atoms with Crippen molar-refractivity contribution in [3.8, 4) is 11.3 Å². The van der Waals surface area contributed by atoms with Crippen molar-refractivity contribution in [3.63, 3.8) is 0 Å². The highest BCUT2D eigenvalue weighted by Crippen LogP contribution is 2.30. The summed E-state index contributed by atoms with van der Waals surface area (Å²) in [6.45, 7) is 3.88. The molecule has 2 aromatic carbocycles. The van der Waals surface area contributed by atoms with Crippen LogP contribution in [0.2, 0.25) is 0 Å². The van der Waals surface area contributed by atoms with Gasteiger partial charge in [0, 0.05) is 23.2 Å². The molecule has 147 valence electrons. The predicted octanol–water partition coefficient (Wildman–Crippen LogP) is 3.04. The third-order valence-corrected chi connectivity index (χ3v) is 5.60. The Balaban J connectivity index is 1.54. The van der Waals surface area contributed by atoms with Gasteiger partial charge in [-0.25, -0.2) is 9.37 Å². The van der Waals surface area contributed by atoms with Crippen LogP contribution < -0.4 is 5.32 Å². The molecule has 1 fully saturated rings. The van der Waals surface area contributed by atoms with Crippen molar-refractivity contribution < 1.29 is 14.6 Å². The lowest BCUT2D eigenvalue weighted by Crippen LogP contribution is -2.35. The number of benzene rings is 2. The molecule has 0 aliphatic heterocycles. The standard InChI is InChI=1S/C22H20FN4O2/c1-12-8-18(22(29)21(12)28)25-19-6-7-24-20-11-17(26-27(19)20)14-9-13-4-2-3-5-15(13)16(23)10-14/h2-7,9-12,18,21-22,25,28-29H,1,8H2/t12-,18-,21-,22+/m1/s1. The Bertz CT molecular complexity index is 1210. The van der Waals surface area contributed by atoms with Crippen molar-refractivity contribution in [2.45, 2.75) is 24.7 Å². The van der Waals surface area contributed by atoms with Crippen LogP contribution in [0.1, 0.15) is 6.42 Å². The molecule has 0 saturated heterocycles. The summed E-state index contributed by atoms with van der Waals surface area (Å²) < 4.78 is 16.2. The van der Waals surface area contributed by atoms with Crippen LogP contribution in [0.4, 0.5) is 10.2 Å². The van der Waals surface area contributed by atoms with E-state index in [-0.39, 0.29) is 17.8 Å². The van der Waals surface area contributed by atoms with E-state index < -0.39 is 12.2 Å². The first-order valence-corrected chi connectivity index (χ1v) is 9.50. The van der Waals surface area contributed by atoms with Gasteiger partial charge in [-0.2, -0.15) is 9.61 Å². The van der Waals surface area contributed by atoms with Crippen LogP contribution in [0, 0.1) is 18.7 Å². The third kappa shape index (κ3) is 3.03. The lowest BCUT2D eigenvalue weighted by molar-refractivity contribution is 0.0256. The number of anilines is 1. The lowest BCUT2D eigenvalue weighted by atomic mass is 10.0. The van der Waals surface area contributed by atoms with Gasteiger partial charge in [0.15, 0.2) is 5.65 Å². The molecule has 0 amide bonds. The topological polar surface area (TPSA) is 82.7 Å². The number of aliphatic hydroxyl groups excluding tert-OH is 2. The van der Waals surface area contributed by atoms with Crippen LogP contribution in [0.3, 0.4) is 0 Å². The zero-order valence-corrected chi connectivity index (χ0v) is 15.5. The monoisotopic (exact) mass is 391 g/mol. The van der Waals surface area contributed by atoms with Crippen LogP contribution in [-0.4, -0.2) is 43.1 Å². The second-order valence-electron chi connectivity index (χ2n) is 7.54. The van der Waals surface area contributed by atoms with Crippen LogP contribution >= 0.6 is 0 Å². The number of aliphatic hydroxyl groups is 2. The van der Waals surface area contributed by atoms with Crippen LogP contribution in [-0.2, 0) is 0 Å². The molecular formula is C22H20FN4O2. The van der Waals surface area contributed by atoms with E-state index in [0.29, 0.717) is 34.5 Å². The molecule has 4 atom stereocenters. The summed E-state index contributed by atoms with van der Waals surface area (Å²) in [5.41, 5.74) is 1.85. The number of fused-ring (bicyclic) bond motifs is 2. The van der Waals surface area contributed by atoms with Crippen molar-refractivity contribution in [2.24, 2.45) is 5.92 Å². The van der Waals surface area contributed by atoms with E-state index in [0.717, 1.165) is 5.39 Å². The highest BCUT2D eigenvalue weighted by atomic mass is 19.1. The smallest absolute Gasteiger partial charge is 0.157 e. The maximum atomic E-state index is 14.5. The molecule has 1 aliphatic carbocycles. The fraction of sp³-hybridized carbons (Fsp3) is 0.227. The van der Waals surface area contributed by atoms with E-state index in [1.807, 2.05) is 24.3 Å². The number of aromatic nitrogens is 3. The molecule has 2 aromatic heterocycles. The summed E-state index contributed by atoms with van der Waals surface area (Å²) in [5.74, 6) is 0.0902. The van der Waals surface area contributed by atoms with Crippen LogP contribution in [0.25, 0.3) is 27.7 Å². The number of nitrogens with zero attached hydrogens (tertiary/aromatic N) is 3. The lowest BCUT2D eigenvalue weighted by Gasteiger charge is -2.19. The Morgan fingerprint density at radius 3 is 2.72 bits per heavy atom. The van der Waals surface area contributed by atoms with Crippen molar-refractivity contribution in [3.05, 3.63) is 67.5 Å². The first-order valence-electron chi connectivity index (χ1n) is 9.50. The minimum atomic E-state index is -0.912. The van der Waals surface area contributed by atoms with Gasteiger partial charge in [0.05, 0.1) is 17.8 Å². The summed E-state index contributed by atoms with van der Waals surface area (Å²) in [7, 11) is 0. The zero-order valence-electron chi connectivity index (χ0n) is 15.5. The molecule has 6 nitrogen and oxygen atoms in total. The zero-order chi connectivity index (χ0) is 20.1. The van der Waals surface area contributed by atoms with E-state index in [1.54, 1.807) is 28.9 Å². The summed E-state index contributed by atoms with van der Waals surface area (Å²) >= 11 is 0. The number of hydrogen-bond donors (Lipinski definition) is 3.